The lowest BCUT2D eigenvalue weighted by atomic mass is 10.0. The number of rotatable bonds is 4. The van der Waals surface area contributed by atoms with E-state index in [0.29, 0.717) is 23.6 Å². The average molecular weight is 426 g/mol. The van der Waals surface area contributed by atoms with E-state index in [-0.39, 0.29) is 17.8 Å². The Labute approximate surface area is 186 Å². The van der Waals surface area contributed by atoms with Gasteiger partial charge in [0.25, 0.3) is 0 Å². The predicted octanol–water partition coefficient (Wildman–Crippen LogP) is 6.32. The van der Waals surface area contributed by atoms with Crippen LogP contribution in [-0.4, -0.2) is 22.3 Å². The zero-order valence-corrected chi connectivity index (χ0v) is 17.8. The fraction of sp³-hybridized carbons (Fsp3) is 0.185. The number of fused-ring (bicyclic) bond motifs is 1. The van der Waals surface area contributed by atoms with Gasteiger partial charge in [-0.15, -0.1) is 0 Å². The fourth-order valence-electron chi connectivity index (χ4n) is 4.21. The van der Waals surface area contributed by atoms with Crippen molar-refractivity contribution in [1.29, 1.82) is 0 Å². The van der Waals surface area contributed by atoms with Gasteiger partial charge in [-0.1, -0.05) is 42.5 Å². The van der Waals surface area contributed by atoms with Gasteiger partial charge in [-0.2, -0.15) is 0 Å². The molecule has 0 radical (unpaired) electrons. The lowest BCUT2D eigenvalue weighted by Crippen LogP contribution is -2.29. The van der Waals surface area contributed by atoms with Crippen molar-refractivity contribution in [1.82, 2.24) is 9.88 Å². The molecule has 160 valence electrons. The maximum Gasteiger partial charge on any atom is 0.247 e. The van der Waals surface area contributed by atoms with Crippen LogP contribution < -0.4 is 0 Å². The van der Waals surface area contributed by atoms with E-state index in [1.807, 2.05) is 65.6 Å². The van der Waals surface area contributed by atoms with Crippen molar-refractivity contribution in [2.45, 2.75) is 25.8 Å². The second kappa shape index (κ2) is 8.42. The quantitative estimate of drug-likeness (QED) is 0.359. The number of aryl methyl sites for hydroxylation is 1. The Morgan fingerprint density at radius 2 is 1.88 bits per heavy atom. The van der Waals surface area contributed by atoms with E-state index in [4.69, 9.17) is 9.40 Å². The Morgan fingerprint density at radius 3 is 2.69 bits per heavy atom. The minimum absolute atomic E-state index is 0.0407. The molecule has 1 fully saturated rings. The van der Waals surface area contributed by atoms with Crippen LogP contribution in [-0.2, 0) is 4.79 Å². The number of benzene rings is 3. The molecule has 0 saturated carbocycles. The second-order valence-corrected chi connectivity index (χ2v) is 8.13. The van der Waals surface area contributed by atoms with E-state index in [9.17, 15) is 9.18 Å². The van der Waals surface area contributed by atoms with Crippen LogP contribution in [0.5, 0.6) is 0 Å². The molecule has 0 bridgehead atoms. The lowest BCUT2D eigenvalue weighted by molar-refractivity contribution is -0.127. The van der Waals surface area contributed by atoms with E-state index < -0.39 is 0 Å². The van der Waals surface area contributed by atoms with Gasteiger partial charge in [0, 0.05) is 12.6 Å². The summed E-state index contributed by atoms with van der Waals surface area (Å²) in [4.78, 5) is 19.4. The van der Waals surface area contributed by atoms with Gasteiger partial charge < -0.3 is 9.32 Å². The molecular weight excluding hydrogens is 403 g/mol. The van der Waals surface area contributed by atoms with Crippen LogP contribution in [0.1, 0.15) is 35.9 Å². The molecule has 5 rings (SSSR count). The summed E-state index contributed by atoms with van der Waals surface area (Å²) in [6.07, 6.45) is 5.18. The third-order valence-corrected chi connectivity index (χ3v) is 5.93. The number of hydrogen-bond acceptors (Lipinski definition) is 3. The van der Waals surface area contributed by atoms with Gasteiger partial charge in [0.15, 0.2) is 5.58 Å². The minimum Gasteiger partial charge on any atom is -0.438 e. The van der Waals surface area contributed by atoms with Gasteiger partial charge in [0.1, 0.15) is 17.4 Å². The van der Waals surface area contributed by atoms with E-state index in [2.05, 4.69) is 0 Å². The van der Waals surface area contributed by atoms with Crippen molar-refractivity contribution in [2.75, 3.05) is 6.54 Å². The number of amides is 1. The molecule has 1 aliphatic rings. The molecule has 1 saturated heterocycles. The maximum absolute atomic E-state index is 13.6. The summed E-state index contributed by atoms with van der Waals surface area (Å²) in [5, 5.41) is 0. The number of carbonyl (C=O) groups is 1. The van der Waals surface area contributed by atoms with Crippen molar-refractivity contribution in [3.63, 3.8) is 0 Å². The van der Waals surface area contributed by atoms with E-state index in [1.54, 1.807) is 19.1 Å². The Kier molecular flexibility index (Phi) is 5.31. The molecule has 5 heteroatoms. The smallest absolute Gasteiger partial charge is 0.247 e. The molecule has 1 atom stereocenters. The third-order valence-electron chi connectivity index (χ3n) is 5.93. The number of halogens is 1. The van der Waals surface area contributed by atoms with Crippen LogP contribution in [0.4, 0.5) is 4.39 Å². The Morgan fingerprint density at radius 1 is 1.09 bits per heavy atom. The standard InChI is InChI=1S/C27H23FN2O2/c1-18-16-20(10-12-22(18)28)21-11-13-25-23(17-21)29-27(32-25)24-8-5-15-30(24)26(31)14-9-19-6-3-2-4-7-19/h2-4,6-7,9-14,16-17,24H,5,8,15H2,1H3/b14-9+. The molecule has 1 aromatic heterocycles. The van der Waals surface area contributed by atoms with Crippen LogP contribution in [0.2, 0.25) is 0 Å². The first-order valence-electron chi connectivity index (χ1n) is 10.8. The van der Waals surface area contributed by atoms with Gasteiger partial charge in [0.2, 0.25) is 11.8 Å². The van der Waals surface area contributed by atoms with Gasteiger partial charge in [-0.05, 0) is 72.4 Å². The topological polar surface area (TPSA) is 46.3 Å². The van der Waals surface area contributed by atoms with Crippen LogP contribution >= 0.6 is 0 Å². The lowest BCUT2D eigenvalue weighted by Gasteiger charge is -2.20. The summed E-state index contributed by atoms with van der Waals surface area (Å²) < 4.78 is 19.7. The van der Waals surface area contributed by atoms with Crippen LogP contribution in [0.3, 0.4) is 0 Å². The third kappa shape index (κ3) is 3.94. The van der Waals surface area contributed by atoms with Crippen LogP contribution in [0.15, 0.2) is 77.2 Å². The molecule has 0 spiro atoms. The molecule has 3 aromatic carbocycles. The Hall–Kier alpha value is -3.73. The van der Waals surface area contributed by atoms with E-state index in [1.165, 1.54) is 6.07 Å². The van der Waals surface area contributed by atoms with Gasteiger partial charge in [0.05, 0.1) is 0 Å². The molecule has 4 nitrogen and oxygen atoms in total. The molecule has 32 heavy (non-hydrogen) atoms. The highest BCUT2D eigenvalue weighted by Gasteiger charge is 2.32. The first-order chi connectivity index (χ1) is 15.6. The van der Waals surface area contributed by atoms with Crippen LogP contribution in [0.25, 0.3) is 28.3 Å². The zero-order valence-electron chi connectivity index (χ0n) is 17.8. The summed E-state index contributed by atoms with van der Waals surface area (Å²) in [5.74, 6) is 0.304. The molecule has 1 aliphatic heterocycles. The van der Waals surface area contributed by atoms with Crippen molar-refractivity contribution < 1.29 is 13.6 Å². The number of carbonyl (C=O) groups excluding carboxylic acids is 1. The second-order valence-electron chi connectivity index (χ2n) is 8.13. The molecule has 0 aliphatic carbocycles. The molecule has 2 heterocycles. The highest BCUT2D eigenvalue weighted by Crippen LogP contribution is 2.34. The van der Waals surface area contributed by atoms with E-state index in [0.717, 1.165) is 35.0 Å². The SMILES string of the molecule is Cc1cc(-c2ccc3oc(C4CCCN4C(=O)/C=C/c4ccccc4)nc3c2)ccc1F. The van der Waals surface area contributed by atoms with Crippen molar-refractivity contribution >= 4 is 23.1 Å². The predicted molar refractivity (Wildman–Crippen MR) is 123 cm³/mol. The van der Waals surface area contributed by atoms with Crippen molar-refractivity contribution in [3.8, 4) is 11.1 Å². The summed E-state index contributed by atoms with van der Waals surface area (Å²) in [5.41, 5.74) is 4.89. The molecule has 0 N–H and O–H groups in total. The summed E-state index contributed by atoms with van der Waals surface area (Å²) >= 11 is 0. The monoisotopic (exact) mass is 426 g/mol. The first kappa shape index (κ1) is 20.2. The first-order valence-corrected chi connectivity index (χ1v) is 10.8. The summed E-state index contributed by atoms with van der Waals surface area (Å²) in [6.45, 7) is 2.44. The van der Waals surface area contributed by atoms with Gasteiger partial charge >= 0.3 is 0 Å². The highest BCUT2D eigenvalue weighted by atomic mass is 19.1. The average Bonchev–Trinajstić information content (AvgIpc) is 3.46. The number of nitrogens with zero attached hydrogens (tertiary/aromatic N) is 2. The zero-order chi connectivity index (χ0) is 22.1. The van der Waals surface area contributed by atoms with Gasteiger partial charge in [-0.3, -0.25) is 4.79 Å². The van der Waals surface area contributed by atoms with Crippen LogP contribution in [0, 0.1) is 12.7 Å². The normalized spacial score (nSPS) is 16.3. The molecule has 1 amide bonds. The van der Waals surface area contributed by atoms with Gasteiger partial charge in [-0.25, -0.2) is 9.37 Å². The number of hydrogen-bond donors (Lipinski definition) is 0. The number of oxazole rings is 1. The van der Waals surface area contributed by atoms with E-state index >= 15 is 0 Å². The summed E-state index contributed by atoms with van der Waals surface area (Å²) in [7, 11) is 0. The number of likely N-dealkylation sites (tertiary alicyclic amines) is 1. The maximum atomic E-state index is 13.6. The Bertz CT molecular complexity index is 1310. The molecular formula is C27H23FN2O2. The van der Waals surface area contributed by atoms with Crippen molar-refractivity contribution in [3.05, 3.63) is 95.6 Å². The summed E-state index contributed by atoms with van der Waals surface area (Å²) in [6, 6.07) is 20.5. The minimum atomic E-state index is -0.217. The number of aromatic nitrogens is 1. The molecule has 1 unspecified atom stereocenters. The molecule has 4 aromatic rings. The van der Waals surface area contributed by atoms with Crippen molar-refractivity contribution in [2.24, 2.45) is 0 Å². The Balaban J connectivity index is 1.40. The fourth-order valence-corrected chi connectivity index (χ4v) is 4.21. The largest absolute Gasteiger partial charge is 0.438 e. The highest BCUT2D eigenvalue weighted by molar-refractivity contribution is 5.92.